The molecule has 0 amide bonds. The number of nitrogens with zero attached hydrogens (tertiary/aromatic N) is 1. The normalized spacial score (nSPS) is 10.7. The van der Waals surface area contributed by atoms with Crippen LogP contribution in [-0.4, -0.2) is 5.16 Å². The summed E-state index contributed by atoms with van der Waals surface area (Å²) in [5.41, 5.74) is 4.51. The van der Waals surface area contributed by atoms with Gasteiger partial charge in [-0.3, -0.25) is 0 Å². The minimum absolute atomic E-state index is 0.732. The average molecular weight is 280 g/mol. The molecule has 0 aliphatic heterocycles. The topological polar surface area (TPSA) is 26.0 Å². The molecule has 0 saturated carbocycles. The molecule has 1 heterocycles. The zero-order chi connectivity index (χ0) is 11.5. The summed E-state index contributed by atoms with van der Waals surface area (Å²) in [6, 6.07) is 8.44. The number of aryl methyl sites for hydroxylation is 1. The molecule has 16 heavy (non-hydrogen) atoms. The van der Waals surface area contributed by atoms with Crippen molar-refractivity contribution in [2.45, 2.75) is 25.6 Å². The van der Waals surface area contributed by atoms with E-state index in [4.69, 9.17) is 4.52 Å². The average Bonchev–Trinajstić information content (AvgIpc) is 2.70. The van der Waals surface area contributed by atoms with Crippen LogP contribution in [0.3, 0.4) is 0 Å². The summed E-state index contributed by atoms with van der Waals surface area (Å²) in [7, 11) is 0. The number of hydrogen-bond acceptors (Lipinski definition) is 2. The van der Waals surface area contributed by atoms with E-state index in [9.17, 15) is 0 Å². The van der Waals surface area contributed by atoms with Crippen LogP contribution in [0.2, 0.25) is 0 Å². The molecule has 0 unspecified atom stereocenters. The highest BCUT2D eigenvalue weighted by Gasteiger charge is 2.12. The molecule has 0 spiro atoms. The predicted molar refractivity (Wildman–Crippen MR) is 68.7 cm³/mol. The monoisotopic (exact) mass is 279 g/mol. The van der Waals surface area contributed by atoms with Crippen LogP contribution < -0.4 is 0 Å². The fourth-order valence-corrected chi connectivity index (χ4v) is 2.18. The molecular weight excluding hydrogens is 266 g/mol. The largest absolute Gasteiger partial charge is 0.356 e. The number of hydrogen-bond donors (Lipinski definition) is 0. The molecule has 2 nitrogen and oxygen atoms in total. The first-order valence-corrected chi connectivity index (χ1v) is 6.48. The Hall–Kier alpha value is -1.09. The maximum Gasteiger partial charge on any atom is 0.170 e. The van der Waals surface area contributed by atoms with E-state index >= 15 is 0 Å². The van der Waals surface area contributed by atoms with Crippen molar-refractivity contribution in [1.82, 2.24) is 5.16 Å². The Balaban J connectivity index is 2.38. The summed E-state index contributed by atoms with van der Waals surface area (Å²) in [4.78, 5) is 0. The second kappa shape index (κ2) is 4.83. The van der Waals surface area contributed by atoms with Gasteiger partial charge in [0.1, 0.15) is 0 Å². The Labute approximate surface area is 104 Å². The minimum Gasteiger partial charge on any atom is -0.356 e. The first-order chi connectivity index (χ1) is 7.76. The van der Waals surface area contributed by atoms with Gasteiger partial charge in [-0.15, -0.1) is 0 Å². The van der Waals surface area contributed by atoms with E-state index in [1.165, 1.54) is 5.56 Å². The van der Waals surface area contributed by atoms with Crippen LogP contribution >= 0.6 is 15.9 Å². The lowest BCUT2D eigenvalue weighted by atomic mass is 10.1. The van der Waals surface area contributed by atoms with Crippen molar-refractivity contribution < 1.29 is 4.52 Å². The molecule has 2 rings (SSSR count). The SMILES string of the molecule is CCc1ccc(-c2onc(CBr)c2C)cc1. The van der Waals surface area contributed by atoms with Gasteiger partial charge in [-0.2, -0.15) is 0 Å². The van der Waals surface area contributed by atoms with Crippen molar-refractivity contribution in [3.05, 3.63) is 41.1 Å². The molecule has 0 bridgehead atoms. The molecule has 1 aromatic heterocycles. The van der Waals surface area contributed by atoms with E-state index < -0.39 is 0 Å². The summed E-state index contributed by atoms with van der Waals surface area (Å²) in [6.45, 7) is 4.19. The van der Waals surface area contributed by atoms with Crippen LogP contribution in [0.15, 0.2) is 28.8 Å². The van der Waals surface area contributed by atoms with Crippen molar-refractivity contribution in [1.29, 1.82) is 0 Å². The Bertz CT molecular complexity index is 473. The van der Waals surface area contributed by atoms with Gasteiger partial charge in [0, 0.05) is 16.5 Å². The van der Waals surface area contributed by atoms with Crippen LogP contribution in [0.1, 0.15) is 23.7 Å². The minimum atomic E-state index is 0.732. The number of benzene rings is 1. The molecule has 0 radical (unpaired) electrons. The van der Waals surface area contributed by atoms with Gasteiger partial charge in [0.25, 0.3) is 0 Å². The molecule has 0 aliphatic rings. The van der Waals surface area contributed by atoms with E-state index in [1.54, 1.807) is 0 Å². The standard InChI is InChI=1S/C13H14BrNO/c1-3-10-4-6-11(7-5-10)13-9(2)12(8-14)15-16-13/h4-7H,3,8H2,1-2H3. The van der Waals surface area contributed by atoms with Crippen LogP contribution in [0.5, 0.6) is 0 Å². The van der Waals surface area contributed by atoms with E-state index in [2.05, 4.69) is 52.3 Å². The van der Waals surface area contributed by atoms with Crippen LogP contribution in [0.25, 0.3) is 11.3 Å². The fraction of sp³-hybridized carbons (Fsp3) is 0.308. The number of rotatable bonds is 3. The molecule has 0 aliphatic carbocycles. The molecule has 0 atom stereocenters. The van der Waals surface area contributed by atoms with E-state index in [0.29, 0.717) is 0 Å². The van der Waals surface area contributed by atoms with Crippen molar-refractivity contribution in [3.8, 4) is 11.3 Å². The fourth-order valence-electron chi connectivity index (χ4n) is 1.65. The molecule has 1 aromatic carbocycles. The van der Waals surface area contributed by atoms with Gasteiger partial charge in [0.05, 0.1) is 5.69 Å². The summed E-state index contributed by atoms with van der Waals surface area (Å²) >= 11 is 3.39. The second-order valence-electron chi connectivity index (χ2n) is 3.77. The maximum absolute atomic E-state index is 5.37. The quantitative estimate of drug-likeness (QED) is 0.791. The molecule has 0 saturated heterocycles. The lowest BCUT2D eigenvalue weighted by Crippen LogP contribution is -1.83. The zero-order valence-electron chi connectivity index (χ0n) is 9.46. The van der Waals surface area contributed by atoms with E-state index in [1.807, 2.05) is 6.92 Å². The summed E-state index contributed by atoms with van der Waals surface area (Å²) in [5.74, 6) is 0.872. The predicted octanol–water partition coefficient (Wildman–Crippen LogP) is 4.11. The van der Waals surface area contributed by atoms with Crippen molar-refractivity contribution in [2.24, 2.45) is 0 Å². The van der Waals surface area contributed by atoms with E-state index in [0.717, 1.165) is 34.3 Å². The van der Waals surface area contributed by atoms with Gasteiger partial charge in [0.15, 0.2) is 5.76 Å². The zero-order valence-corrected chi connectivity index (χ0v) is 11.0. The Morgan fingerprint density at radius 3 is 2.44 bits per heavy atom. The molecule has 3 heteroatoms. The first kappa shape index (κ1) is 11.4. The molecule has 0 fully saturated rings. The van der Waals surface area contributed by atoms with Crippen LogP contribution in [0.4, 0.5) is 0 Å². The molecule has 2 aromatic rings. The number of aromatic nitrogens is 1. The summed E-state index contributed by atoms with van der Waals surface area (Å²) in [5, 5.41) is 4.76. The highest BCUT2D eigenvalue weighted by Crippen LogP contribution is 2.26. The Kier molecular flexibility index (Phi) is 3.44. The van der Waals surface area contributed by atoms with E-state index in [-0.39, 0.29) is 0 Å². The lowest BCUT2D eigenvalue weighted by molar-refractivity contribution is 0.426. The third-order valence-corrected chi connectivity index (χ3v) is 3.30. The maximum atomic E-state index is 5.37. The third-order valence-electron chi connectivity index (χ3n) is 2.77. The Morgan fingerprint density at radius 2 is 1.94 bits per heavy atom. The summed E-state index contributed by atoms with van der Waals surface area (Å²) in [6.07, 6.45) is 1.06. The van der Waals surface area contributed by atoms with Gasteiger partial charge in [-0.1, -0.05) is 52.3 Å². The smallest absolute Gasteiger partial charge is 0.170 e. The highest BCUT2D eigenvalue weighted by atomic mass is 79.9. The Morgan fingerprint density at radius 1 is 1.25 bits per heavy atom. The molecule has 84 valence electrons. The van der Waals surface area contributed by atoms with Gasteiger partial charge >= 0.3 is 0 Å². The van der Waals surface area contributed by atoms with Gasteiger partial charge in [-0.25, -0.2) is 0 Å². The van der Waals surface area contributed by atoms with Gasteiger partial charge in [-0.05, 0) is 18.9 Å². The van der Waals surface area contributed by atoms with Gasteiger partial charge in [0.2, 0.25) is 0 Å². The van der Waals surface area contributed by atoms with Crippen LogP contribution in [-0.2, 0) is 11.8 Å². The highest BCUT2D eigenvalue weighted by molar-refractivity contribution is 9.08. The van der Waals surface area contributed by atoms with Crippen molar-refractivity contribution in [3.63, 3.8) is 0 Å². The van der Waals surface area contributed by atoms with Crippen molar-refractivity contribution >= 4 is 15.9 Å². The first-order valence-electron chi connectivity index (χ1n) is 5.36. The number of alkyl halides is 1. The number of halogens is 1. The van der Waals surface area contributed by atoms with Gasteiger partial charge < -0.3 is 4.52 Å². The second-order valence-corrected chi connectivity index (χ2v) is 4.33. The third kappa shape index (κ3) is 2.05. The van der Waals surface area contributed by atoms with Crippen LogP contribution in [0, 0.1) is 6.92 Å². The molecular formula is C13H14BrNO. The van der Waals surface area contributed by atoms with Crippen molar-refractivity contribution in [2.75, 3.05) is 0 Å². The lowest BCUT2D eigenvalue weighted by Gasteiger charge is -2.00. The molecule has 0 N–H and O–H groups in total. The summed E-state index contributed by atoms with van der Waals surface area (Å²) < 4.78 is 5.37.